The fraction of sp³-hybridized carbons (Fsp3) is 0.286. The quantitative estimate of drug-likeness (QED) is 0.553. The third kappa shape index (κ3) is 6.93. The molecule has 0 aliphatic carbocycles. The molecule has 0 atom stereocenters. The van der Waals surface area contributed by atoms with Crippen LogP contribution in [0, 0.1) is 13.8 Å². The van der Waals surface area contributed by atoms with Crippen LogP contribution < -0.4 is 15.5 Å². The van der Waals surface area contributed by atoms with Crippen LogP contribution in [0.2, 0.25) is 0 Å². The second-order valence-electron chi connectivity index (χ2n) is 6.17. The van der Waals surface area contributed by atoms with Gasteiger partial charge in [-0.25, -0.2) is 5.43 Å². The zero-order valence-electron chi connectivity index (χ0n) is 15.9. The Bertz CT molecular complexity index is 831. The molecule has 0 heterocycles. The van der Waals surface area contributed by atoms with E-state index >= 15 is 0 Å². The second kappa shape index (κ2) is 10.1. The zero-order valence-corrected chi connectivity index (χ0v) is 15.9. The molecule has 2 aromatic rings. The molecule has 0 aromatic heterocycles. The monoisotopic (exact) mass is 367 g/mol. The third-order valence-corrected chi connectivity index (χ3v) is 3.82. The van der Waals surface area contributed by atoms with Crippen LogP contribution in [0.1, 0.15) is 36.5 Å². The average Bonchev–Trinajstić information content (AvgIpc) is 2.64. The fourth-order valence-corrected chi connectivity index (χ4v) is 2.40. The van der Waals surface area contributed by atoms with Gasteiger partial charge in [-0.2, -0.15) is 5.10 Å². The lowest BCUT2D eigenvalue weighted by Crippen LogP contribution is -2.20. The Morgan fingerprint density at radius 3 is 2.63 bits per heavy atom. The van der Waals surface area contributed by atoms with Crippen molar-refractivity contribution in [2.75, 3.05) is 11.9 Å². The predicted molar refractivity (Wildman–Crippen MR) is 107 cm³/mol. The lowest BCUT2D eigenvalue weighted by Gasteiger charge is -2.09. The number of nitrogens with one attached hydrogen (secondary N) is 2. The molecule has 0 saturated heterocycles. The number of amides is 2. The molecule has 27 heavy (non-hydrogen) atoms. The number of hydrogen-bond donors (Lipinski definition) is 2. The van der Waals surface area contributed by atoms with Crippen LogP contribution >= 0.6 is 0 Å². The molecule has 2 N–H and O–H groups in total. The molecule has 6 heteroatoms. The Morgan fingerprint density at radius 2 is 1.85 bits per heavy atom. The Morgan fingerprint density at radius 1 is 1.07 bits per heavy atom. The van der Waals surface area contributed by atoms with Gasteiger partial charge in [0.25, 0.3) is 0 Å². The molecule has 142 valence electrons. The van der Waals surface area contributed by atoms with E-state index in [9.17, 15) is 9.59 Å². The predicted octanol–water partition coefficient (Wildman–Crippen LogP) is 3.57. The van der Waals surface area contributed by atoms with Crippen LogP contribution in [0.15, 0.2) is 47.6 Å². The summed E-state index contributed by atoms with van der Waals surface area (Å²) in [4.78, 5) is 23.9. The normalized spacial score (nSPS) is 10.6. The molecular formula is C21H25N3O3. The molecule has 0 bridgehead atoms. The van der Waals surface area contributed by atoms with E-state index in [-0.39, 0.29) is 24.7 Å². The Hall–Kier alpha value is -3.15. The van der Waals surface area contributed by atoms with Crippen molar-refractivity contribution in [3.05, 3.63) is 59.2 Å². The molecule has 0 saturated carbocycles. The number of benzene rings is 2. The molecule has 0 aliphatic heterocycles. The van der Waals surface area contributed by atoms with E-state index in [2.05, 4.69) is 15.8 Å². The SMILES string of the molecule is CCOc1cccc(C=NNC(=O)CCC(=O)Nc2cc(C)ccc2C)c1. The maximum absolute atomic E-state index is 12.0. The van der Waals surface area contributed by atoms with Crippen molar-refractivity contribution in [1.82, 2.24) is 5.43 Å². The molecule has 2 aromatic carbocycles. The fourth-order valence-electron chi connectivity index (χ4n) is 2.40. The van der Waals surface area contributed by atoms with Gasteiger partial charge in [0, 0.05) is 18.5 Å². The number of carbonyl (C=O) groups excluding carboxylic acids is 2. The number of aryl methyl sites for hydroxylation is 2. The number of carbonyl (C=O) groups is 2. The summed E-state index contributed by atoms with van der Waals surface area (Å²) in [5, 5.41) is 6.75. The molecule has 0 fully saturated rings. The first-order valence-corrected chi connectivity index (χ1v) is 8.90. The Kier molecular flexibility index (Phi) is 7.55. The molecule has 2 rings (SSSR count). The summed E-state index contributed by atoms with van der Waals surface area (Å²) in [5.74, 6) is 0.228. The van der Waals surface area contributed by atoms with Crippen molar-refractivity contribution >= 4 is 23.7 Å². The summed E-state index contributed by atoms with van der Waals surface area (Å²) in [6, 6.07) is 13.2. The van der Waals surface area contributed by atoms with Gasteiger partial charge in [-0.05, 0) is 55.7 Å². The number of hydrazone groups is 1. The van der Waals surface area contributed by atoms with Gasteiger partial charge in [0.1, 0.15) is 5.75 Å². The zero-order chi connectivity index (χ0) is 19.6. The van der Waals surface area contributed by atoms with E-state index in [4.69, 9.17) is 4.74 Å². The van der Waals surface area contributed by atoms with Crippen LogP contribution in [0.4, 0.5) is 5.69 Å². The largest absolute Gasteiger partial charge is 0.494 e. The van der Waals surface area contributed by atoms with Crippen LogP contribution in [-0.2, 0) is 9.59 Å². The van der Waals surface area contributed by atoms with Crippen LogP contribution in [0.25, 0.3) is 0 Å². The summed E-state index contributed by atoms with van der Waals surface area (Å²) >= 11 is 0. The number of rotatable bonds is 8. The molecular weight excluding hydrogens is 342 g/mol. The maximum atomic E-state index is 12.0. The van der Waals surface area contributed by atoms with E-state index in [1.54, 1.807) is 0 Å². The molecule has 0 spiro atoms. The summed E-state index contributed by atoms with van der Waals surface area (Å²) in [7, 11) is 0. The van der Waals surface area contributed by atoms with Crippen molar-refractivity contribution in [1.29, 1.82) is 0 Å². The molecule has 0 unspecified atom stereocenters. The number of nitrogens with zero attached hydrogens (tertiary/aromatic N) is 1. The van der Waals surface area contributed by atoms with Crippen molar-refractivity contribution in [2.24, 2.45) is 5.10 Å². The minimum absolute atomic E-state index is 0.0625. The minimum atomic E-state index is -0.316. The summed E-state index contributed by atoms with van der Waals surface area (Å²) in [6.07, 6.45) is 1.69. The first-order valence-electron chi connectivity index (χ1n) is 8.90. The molecule has 0 radical (unpaired) electrons. The second-order valence-corrected chi connectivity index (χ2v) is 6.17. The highest BCUT2D eigenvalue weighted by Crippen LogP contribution is 2.16. The van der Waals surface area contributed by atoms with Gasteiger partial charge in [0.15, 0.2) is 0 Å². The first kappa shape index (κ1) is 20.2. The van der Waals surface area contributed by atoms with Gasteiger partial charge < -0.3 is 10.1 Å². The van der Waals surface area contributed by atoms with Crippen molar-refractivity contribution < 1.29 is 14.3 Å². The smallest absolute Gasteiger partial charge is 0.240 e. The highest BCUT2D eigenvalue weighted by molar-refractivity contribution is 5.94. The van der Waals surface area contributed by atoms with Crippen LogP contribution in [-0.4, -0.2) is 24.6 Å². The number of ether oxygens (including phenoxy) is 1. The lowest BCUT2D eigenvalue weighted by molar-refractivity contribution is -0.124. The highest BCUT2D eigenvalue weighted by Gasteiger charge is 2.08. The standard InChI is InChI=1S/C21H25N3O3/c1-4-27-18-7-5-6-17(13-18)14-22-24-21(26)11-10-20(25)23-19-12-15(2)8-9-16(19)3/h5-9,12-14H,4,10-11H2,1-3H3,(H,23,25)(H,24,26). The lowest BCUT2D eigenvalue weighted by atomic mass is 10.1. The minimum Gasteiger partial charge on any atom is -0.494 e. The van der Waals surface area contributed by atoms with E-state index in [1.807, 2.05) is 63.2 Å². The van der Waals surface area contributed by atoms with Crippen molar-refractivity contribution in [3.8, 4) is 5.75 Å². The Balaban J connectivity index is 1.78. The van der Waals surface area contributed by atoms with Crippen molar-refractivity contribution in [2.45, 2.75) is 33.6 Å². The maximum Gasteiger partial charge on any atom is 0.240 e. The highest BCUT2D eigenvalue weighted by atomic mass is 16.5. The topological polar surface area (TPSA) is 79.8 Å². The van der Waals surface area contributed by atoms with Gasteiger partial charge >= 0.3 is 0 Å². The molecule has 0 aliphatic rings. The summed E-state index contributed by atoms with van der Waals surface area (Å²) in [5.41, 5.74) is 6.07. The van der Waals surface area contributed by atoms with Gasteiger partial charge in [-0.3, -0.25) is 9.59 Å². The average molecular weight is 367 g/mol. The van der Waals surface area contributed by atoms with E-state index < -0.39 is 0 Å². The van der Waals surface area contributed by atoms with Gasteiger partial charge in [0.05, 0.1) is 12.8 Å². The van der Waals surface area contributed by atoms with Gasteiger partial charge in [0.2, 0.25) is 11.8 Å². The summed E-state index contributed by atoms with van der Waals surface area (Å²) in [6.45, 7) is 6.39. The van der Waals surface area contributed by atoms with Gasteiger partial charge in [-0.1, -0.05) is 24.3 Å². The Labute approximate surface area is 159 Å². The van der Waals surface area contributed by atoms with E-state index in [0.717, 1.165) is 28.1 Å². The van der Waals surface area contributed by atoms with Crippen LogP contribution in [0.5, 0.6) is 5.75 Å². The van der Waals surface area contributed by atoms with Gasteiger partial charge in [-0.15, -0.1) is 0 Å². The first-order chi connectivity index (χ1) is 13.0. The van der Waals surface area contributed by atoms with Crippen molar-refractivity contribution in [3.63, 3.8) is 0 Å². The van der Waals surface area contributed by atoms with Crippen LogP contribution in [0.3, 0.4) is 0 Å². The third-order valence-electron chi connectivity index (χ3n) is 3.82. The number of hydrogen-bond acceptors (Lipinski definition) is 4. The molecule has 6 nitrogen and oxygen atoms in total. The summed E-state index contributed by atoms with van der Waals surface area (Å²) < 4.78 is 5.41. The van der Waals surface area contributed by atoms with E-state index in [0.29, 0.717) is 6.61 Å². The number of anilines is 1. The molecule has 2 amide bonds. The van der Waals surface area contributed by atoms with E-state index in [1.165, 1.54) is 6.21 Å².